The zero-order chi connectivity index (χ0) is 51.1. The molecular weight excluding hydrogens is 889 g/mol. The van der Waals surface area contributed by atoms with Crippen molar-refractivity contribution in [3.8, 4) is 34.5 Å². The normalized spacial score (nSPS) is 11.6. The first kappa shape index (κ1) is 61.0. The summed E-state index contributed by atoms with van der Waals surface area (Å²) >= 11 is 0. The van der Waals surface area contributed by atoms with Gasteiger partial charge in [-0.05, 0) is 107 Å². The van der Waals surface area contributed by atoms with E-state index in [0.29, 0.717) is 39.6 Å². The third kappa shape index (κ3) is 23.3. The fraction of sp³-hybridized carbons (Fsp3) is 0.727. The van der Waals surface area contributed by atoms with Gasteiger partial charge >= 0.3 is 0 Å². The van der Waals surface area contributed by atoms with Crippen LogP contribution in [0.25, 0.3) is 32.3 Å². The minimum Gasteiger partial charge on any atom is -0.490 e. The number of benzene rings is 4. The van der Waals surface area contributed by atoms with E-state index in [2.05, 4.69) is 77.9 Å². The van der Waals surface area contributed by atoms with Crippen LogP contribution in [0.1, 0.15) is 273 Å². The quantitative estimate of drug-likeness (QED) is 0.0325. The van der Waals surface area contributed by atoms with Crippen molar-refractivity contribution in [3.63, 3.8) is 0 Å². The fourth-order valence-corrected chi connectivity index (χ4v) is 10.0. The van der Waals surface area contributed by atoms with Crippen LogP contribution in [-0.4, -0.2) is 39.6 Å². The van der Waals surface area contributed by atoms with Gasteiger partial charge in [0.25, 0.3) is 0 Å². The molecule has 6 heteroatoms. The van der Waals surface area contributed by atoms with Gasteiger partial charge in [0.15, 0.2) is 34.5 Å². The molecular formula is C66H108O6. The summed E-state index contributed by atoms with van der Waals surface area (Å²) < 4.78 is 40.4. The summed E-state index contributed by atoms with van der Waals surface area (Å²) in [6, 6.07) is 13.6. The van der Waals surface area contributed by atoms with Gasteiger partial charge in [0, 0.05) is 0 Å². The topological polar surface area (TPSA) is 55.4 Å². The van der Waals surface area contributed by atoms with Gasteiger partial charge in [0.05, 0.1) is 39.6 Å². The number of hydrogen-bond acceptors (Lipinski definition) is 6. The molecule has 0 bridgehead atoms. The zero-order valence-electron chi connectivity index (χ0n) is 47.6. The molecule has 0 amide bonds. The van der Waals surface area contributed by atoms with Gasteiger partial charge in [-0.3, -0.25) is 0 Å². The predicted octanol–water partition coefficient (Wildman–Crippen LogP) is 21.6. The Morgan fingerprint density at radius 1 is 0.181 bits per heavy atom. The van der Waals surface area contributed by atoms with Crippen molar-refractivity contribution in [1.82, 2.24) is 0 Å². The first-order chi connectivity index (χ1) is 35.6. The van der Waals surface area contributed by atoms with E-state index >= 15 is 0 Å². The van der Waals surface area contributed by atoms with E-state index in [0.717, 1.165) is 118 Å². The van der Waals surface area contributed by atoms with E-state index in [9.17, 15) is 0 Å². The summed E-state index contributed by atoms with van der Waals surface area (Å²) in [6.45, 7) is 17.6. The number of ether oxygens (including phenoxy) is 6. The maximum absolute atomic E-state index is 6.84. The lowest BCUT2D eigenvalue weighted by molar-refractivity contribution is 0.258. The summed E-state index contributed by atoms with van der Waals surface area (Å²) in [5, 5.41) is 6.77. The highest BCUT2D eigenvalue weighted by atomic mass is 16.5. The van der Waals surface area contributed by atoms with Crippen LogP contribution in [-0.2, 0) is 0 Å². The van der Waals surface area contributed by atoms with Crippen molar-refractivity contribution in [2.45, 2.75) is 273 Å². The lowest BCUT2D eigenvalue weighted by Crippen LogP contribution is -2.05. The third-order valence-corrected chi connectivity index (χ3v) is 14.7. The van der Waals surface area contributed by atoms with E-state index in [1.54, 1.807) is 0 Å². The van der Waals surface area contributed by atoms with Gasteiger partial charge in [-0.1, -0.05) is 234 Å². The van der Waals surface area contributed by atoms with Gasteiger partial charge in [0.2, 0.25) is 0 Å². The van der Waals surface area contributed by atoms with Crippen LogP contribution >= 0.6 is 0 Å². The zero-order valence-corrected chi connectivity index (χ0v) is 47.6. The molecule has 0 aliphatic rings. The molecule has 0 aliphatic heterocycles. The largest absolute Gasteiger partial charge is 0.490 e. The molecule has 0 spiro atoms. The van der Waals surface area contributed by atoms with Crippen molar-refractivity contribution in [3.05, 3.63) is 36.4 Å². The van der Waals surface area contributed by atoms with Gasteiger partial charge in [-0.25, -0.2) is 0 Å². The predicted molar refractivity (Wildman–Crippen MR) is 312 cm³/mol. The summed E-state index contributed by atoms with van der Waals surface area (Å²) in [4.78, 5) is 0. The summed E-state index contributed by atoms with van der Waals surface area (Å²) in [5.41, 5.74) is 0. The number of fused-ring (bicyclic) bond motifs is 6. The van der Waals surface area contributed by atoms with Crippen LogP contribution in [0.4, 0.5) is 0 Å². The Labute approximate surface area is 442 Å². The highest BCUT2D eigenvalue weighted by Crippen LogP contribution is 2.47. The van der Waals surface area contributed by atoms with Gasteiger partial charge in [-0.15, -0.1) is 0 Å². The second-order valence-electron chi connectivity index (χ2n) is 21.2. The molecule has 0 aromatic heterocycles. The second-order valence-corrected chi connectivity index (χ2v) is 21.2. The number of unbranched alkanes of at least 4 members (excludes halogenated alkanes) is 30. The summed E-state index contributed by atoms with van der Waals surface area (Å²) in [6.07, 6.45) is 44.7. The standard InChI is InChI=1S/C66H108O6/c1-7-13-19-23-27-29-31-33-37-41-47-71-65-52-58-56-50-62(68-44-18-12-6)61(67-43-17-11-5)49-55(56)57-51-63(69-45-39-35-25-21-15-9-3)64(70-46-40-36-26-22-16-10-4)53-59(57)60(58)54-66(65)72-48-42-38-34-32-30-28-24-20-14-8-2/h49-54H,7-48H2,1-6H3. The van der Waals surface area contributed by atoms with Crippen molar-refractivity contribution < 1.29 is 28.4 Å². The van der Waals surface area contributed by atoms with Crippen LogP contribution in [0, 0.1) is 0 Å². The molecule has 0 fully saturated rings. The molecule has 408 valence electrons. The van der Waals surface area contributed by atoms with E-state index in [4.69, 9.17) is 28.4 Å². The molecule has 6 nitrogen and oxygen atoms in total. The molecule has 0 saturated carbocycles. The lowest BCUT2D eigenvalue weighted by atomic mass is 9.93. The van der Waals surface area contributed by atoms with Crippen LogP contribution < -0.4 is 28.4 Å². The Hall–Kier alpha value is -3.54. The smallest absolute Gasteiger partial charge is 0.161 e. The van der Waals surface area contributed by atoms with Crippen molar-refractivity contribution in [2.75, 3.05) is 39.6 Å². The first-order valence-corrected chi connectivity index (χ1v) is 30.9. The first-order valence-electron chi connectivity index (χ1n) is 30.9. The monoisotopic (exact) mass is 997 g/mol. The molecule has 4 aromatic carbocycles. The molecule has 72 heavy (non-hydrogen) atoms. The molecule has 0 radical (unpaired) electrons. The Bertz CT molecular complexity index is 1970. The Balaban J connectivity index is 1.77. The molecule has 0 aliphatic carbocycles. The molecule has 0 heterocycles. The van der Waals surface area contributed by atoms with Crippen LogP contribution in [0.15, 0.2) is 36.4 Å². The van der Waals surface area contributed by atoms with Crippen molar-refractivity contribution in [1.29, 1.82) is 0 Å². The SMILES string of the molecule is CCCCCCCCCCCCOc1cc2c3cc(OCCCC)c(OCCCC)cc3c3cc(OCCCCCCCC)c(OCCCCCCCC)cc3c2cc1OCCCCCCCCCCCC. The van der Waals surface area contributed by atoms with Crippen molar-refractivity contribution >= 4 is 32.3 Å². The minimum absolute atomic E-state index is 0.650. The van der Waals surface area contributed by atoms with Gasteiger partial charge in [-0.2, -0.15) is 0 Å². The van der Waals surface area contributed by atoms with Crippen LogP contribution in [0.2, 0.25) is 0 Å². The Morgan fingerprint density at radius 2 is 0.319 bits per heavy atom. The summed E-state index contributed by atoms with van der Waals surface area (Å²) in [5.74, 6) is 4.94. The number of rotatable bonds is 48. The highest BCUT2D eigenvalue weighted by molar-refractivity contribution is 6.26. The van der Waals surface area contributed by atoms with E-state index in [1.165, 1.54) is 180 Å². The molecule has 4 rings (SSSR count). The highest BCUT2D eigenvalue weighted by Gasteiger charge is 2.21. The maximum atomic E-state index is 6.84. The van der Waals surface area contributed by atoms with E-state index in [-0.39, 0.29) is 0 Å². The van der Waals surface area contributed by atoms with Gasteiger partial charge in [0.1, 0.15) is 0 Å². The molecule has 4 aromatic rings. The maximum Gasteiger partial charge on any atom is 0.161 e. The average molecular weight is 998 g/mol. The molecule has 0 atom stereocenters. The Kier molecular flexibility index (Phi) is 33.8. The van der Waals surface area contributed by atoms with E-state index in [1.807, 2.05) is 0 Å². The molecule has 0 unspecified atom stereocenters. The van der Waals surface area contributed by atoms with Gasteiger partial charge < -0.3 is 28.4 Å². The molecule has 0 N–H and O–H groups in total. The third-order valence-electron chi connectivity index (χ3n) is 14.7. The molecule has 0 saturated heterocycles. The fourth-order valence-electron chi connectivity index (χ4n) is 10.0. The van der Waals surface area contributed by atoms with E-state index < -0.39 is 0 Å². The number of hydrogen-bond donors (Lipinski definition) is 0. The van der Waals surface area contributed by atoms with Crippen LogP contribution in [0.5, 0.6) is 34.5 Å². The lowest BCUT2D eigenvalue weighted by Gasteiger charge is -2.21. The second kappa shape index (κ2) is 39.9. The van der Waals surface area contributed by atoms with Crippen LogP contribution in [0.3, 0.4) is 0 Å². The van der Waals surface area contributed by atoms with Crippen molar-refractivity contribution in [2.24, 2.45) is 0 Å². The average Bonchev–Trinajstić information content (AvgIpc) is 3.39. The summed E-state index contributed by atoms with van der Waals surface area (Å²) in [7, 11) is 0. The minimum atomic E-state index is 0.650. The Morgan fingerprint density at radius 3 is 0.486 bits per heavy atom.